The predicted molar refractivity (Wildman–Crippen MR) is 133 cm³/mol. The fourth-order valence-corrected chi connectivity index (χ4v) is 6.36. The number of hydrogen-bond donors (Lipinski definition) is 1. The molecule has 1 heterocycles. The van der Waals surface area contributed by atoms with Crippen LogP contribution in [-0.2, 0) is 10.0 Å². The highest BCUT2D eigenvalue weighted by atomic mass is 32.2. The maximum Gasteiger partial charge on any atom is 0.247 e. The lowest BCUT2D eigenvalue weighted by atomic mass is 10.0. The van der Waals surface area contributed by atoms with Crippen molar-refractivity contribution < 1.29 is 23.0 Å². The van der Waals surface area contributed by atoms with Gasteiger partial charge in [-0.25, -0.2) is 8.42 Å². The molecule has 186 valence electrons. The van der Waals surface area contributed by atoms with E-state index in [2.05, 4.69) is 11.9 Å². The SMILES string of the molecule is COc1ccc(-c2ccc3c(c2)O[C@H](CN(C)CC2CC2)[C@H](C)CN([C@H](C)CO)S3(=O)=O)cc1. The molecular formula is C26H36N2O5S. The van der Waals surface area contributed by atoms with Crippen LogP contribution in [0, 0.1) is 11.8 Å². The minimum Gasteiger partial charge on any atom is -0.497 e. The molecule has 3 atom stereocenters. The van der Waals surface area contributed by atoms with Gasteiger partial charge in [0.25, 0.3) is 0 Å². The Balaban J connectivity index is 1.73. The van der Waals surface area contributed by atoms with E-state index in [0.29, 0.717) is 18.8 Å². The molecule has 1 saturated carbocycles. The van der Waals surface area contributed by atoms with E-state index in [1.54, 1.807) is 20.1 Å². The third-order valence-corrected chi connectivity index (χ3v) is 8.87. The molecule has 2 aromatic rings. The first-order chi connectivity index (χ1) is 16.2. The number of sulfonamides is 1. The zero-order valence-electron chi connectivity index (χ0n) is 20.5. The number of fused-ring (bicyclic) bond motifs is 1. The lowest BCUT2D eigenvalue weighted by molar-refractivity contribution is 0.0741. The van der Waals surface area contributed by atoms with Gasteiger partial charge in [-0.05, 0) is 68.1 Å². The third-order valence-electron chi connectivity index (χ3n) is 6.85. The first kappa shape index (κ1) is 25.0. The highest BCUT2D eigenvalue weighted by Gasteiger charge is 2.38. The van der Waals surface area contributed by atoms with Gasteiger partial charge in [-0.3, -0.25) is 0 Å². The van der Waals surface area contributed by atoms with Crippen molar-refractivity contribution >= 4 is 10.0 Å². The first-order valence-electron chi connectivity index (χ1n) is 12.0. The van der Waals surface area contributed by atoms with Gasteiger partial charge in [0.2, 0.25) is 10.0 Å². The number of aliphatic hydroxyl groups excluding tert-OH is 1. The van der Waals surface area contributed by atoms with E-state index in [1.165, 1.54) is 17.1 Å². The van der Waals surface area contributed by atoms with Crippen molar-refractivity contribution in [2.75, 3.05) is 40.4 Å². The molecule has 0 radical (unpaired) electrons. The average Bonchev–Trinajstić information content (AvgIpc) is 3.64. The number of ether oxygens (including phenoxy) is 2. The number of rotatable bonds is 8. The van der Waals surface area contributed by atoms with Crippen LogP contribution >= 0.6 is 0 Å². The minimum absolute atomic E-state index is 0.0526. The van der Waals surface area contributed by atoms with Crippen molar-refractivity contribution in [2.24, 2.45) is 11.8 Å². The molecule has 2 aromatic carbocycles. The van der Waals surface area contributed by atoms with Gasteiger partial charge < -0.3 is 19.5 Å². The Morgan fingerprint density at radius 3 is 2.44 bits per heavy atom. The molecule has 0 saturated heterocycles. The van der Waals surface area contributed by atoms with Gasteiger partial charge >= 0.3 is 0 Å². The van der Waals surface area contributed by atoms with Crippen LogP contribution in [0.2, 0.25) is 0 Å². The van der Waals surface area contributed by atoms with Gasteiger partial charge in [-0.1, -0.05) is 25.1 Å². The van der Waals surface area contributed by atoms with E-state index < -0.39 is 16.1 Å². The Morgan fingerprint density at radius 1 is 1.15 bits per heavy atom. The Kier molecular flexibility index (Phi) is 7.52. The van der Waals surface area contributed by atoms with Crippen LogP contribution in [0.25, 0.3) is 11.1 Å². The summed E-state index contributed by atoms with van der Waals surface area (Å²) in [5.74, 6) is 1.83. The van der Waals surface area contributed by atoms with Gasteiger partial charge in [-0.2, -0.15) is 4.31 Å². The summed E-state index contributed by atoms with van der Waals surface area (Å²) < 4.78 is 40.5. The molecule has 0 unspecified atom stereocenters. The zero-order valence-corrected chi connectivity index (χ0v) is 21.3. The number of nitrogens with zero attached hydrogens (tertiary/aromatic N) is 2. The summed E-state index contributed by atoms with van der Waals surface area (Å²) in [6, 6.07) is 12.4. The van der Waals surface area contributed by atoms with Crippen molar-refractivity contribution in [1.29, 1.82) is 0 Å². The van der Waals surface area contributed by atoms with Crippen molar-refractivity contribution in [3.8, 4) is 22.6 Å². The second kappa shape index (κ2) is 10.2. The fourth-order valence-electron chi connectivity index (χ4n) is 4.53. The van der Waals surface area contributed by atoms with Crippen LogP contribution in [0.15, 0.2) is 47.4 Å². The lowest BCUT2D eigenvalue weighted by Gasteiger charge is -2.37. The second-order valence-corrected chi connectivity index (χ2v) is 11.7. The molecule has 0 aromatic heterocycles. The minimum atomic E-state index is -3.84. The van der Waals surface area contributed by atoms with Crippen molar-refractivity contribution in [2.45, 2.75) is 43.7 Å². The quantitative estimate of drug-likeness (QED) is 0.613. The van der Waals surface area contributed by atoms with E-state index in [-0.39, 0.29) is 23.5 Å². The summed E-state index contributed by atoms with van der Waals surface area (Å²) in [6.07, 6.45) is 2.37. The number of aliphatic hydroxyl groups is 1. The first-order valence-corrected chi connectivity index (χ1v) is 13.4. The standard InChI is InChI=1S/C26H36N2O5S/c1-18-14-28(19(2)17-29)34(30,31)26-12-9-22(21-7-10-23(32-4)11-8-21)13-24(26)33-25(18)16-27(3)15-20-5-6-20/h7-13,18-20,25,29H,5-6,14-17H2,1-4H3/t18-,19-,25-/m1/s1. The Bertz CT molecular complexity index is 1080. The van der Waals surface area contributed by atoms with Crippen molar-refractivity contribution in [3.05, 3.63) is 42.5 Å². The highest BCUT2D eigenvalue weighted by Crippen LogP contribution is 2.37. The van der Waals surface area contributed by atoms with Gasteiger partial charge in [0.1, 0.15) is 22.5 Å². The number of likely N-dealkylation sites (N-methyl/N-ethyl adjacent to an activating group) is 1. The number of benzene rings is 2. The van der Waals surface area contributed by atoms with Crippen LogP contribution < -0.4 is 9.47 Å². The normalized spacial score (nSPS) is 23.5. The van der Waals surface area contributed by atoms with Gasteiger partial charge in [-0.15, -0.1) is 0 Å². The average molecular weight is 489 g/mol. The van der Waals surface area contributed by atoms with Gasteiger partial charge in [0.05, 0.1) is 13.7 Å². The highest BCUT2D eigenvalue weighted by molar-refractivity contribution is 7.89. The summed E-state index contributed by atoms with van der Waals surface area (Å²) in [5, 5.41) is 9.81. The molecule has 8 heteroatoms. The topological polar surface area (TPSA) is 79.3 Å². The molecular weight excluding hydrogens is 452 g/mol. The molecule has 1 aliphatic heterocycles. The summed E-state index contributed by atoms with van der Waals surface area (Å²) >= 11 is 0. The maximum absolute atomic E-state index is 13.6. The predicted octanol–water partition coefficient (Wildman–Crippen LogP) is 3.47. The Morgan fingerprint density at radius 2 is 1.82 bits per heavy atom. The van der Waals surface area contributed by atoms with Gasteiger partial charge in [0, 0.05) is 31.6 Å². The van der Waals surface area contributed by atoms with Crippen LogP contribution in [0.5, 0.6) is 11.5 Å². The van der Waals surface area contributed by atoms with E-state index in [9.17, 15) is 13.5 Å². The van der Waals surface area contributed by atoms with E-state index in [1.807, 2.05) is 43.3 Å². The Labute approximate surface area is 203 Å². The molecule has 1 aliphatic carbocycles. The summed E-state index contributed by atoms with van der Waals surface area (Å²) in [4.78, 5) is 2.44. The zero-order chi connectivity index (χ0) is 24.5. The van der Waals surface area contributed by atoms with Crippen molar-refractivity contribution in [1.82, 2.24) is 9.21 Å². The molecule has 0 bridgehead atoms. The molecule has 34 heavy (non-hydrogen) atoms. The van der Waals surface area contributed by atoms with Crippen molar-refractivity contribution in [3.63, 3.8) is 0 Å². The number of methoxy groups -OCH3 is 1. The van der Waals surface area contributed by atoms with E-state index >= 15 is 0 Å². The molecule has 7 nitrogen and oxygen atoms in total. The van der Waals surface area contributed by atoms with Gasteiger partial charge in [0.15, 0.2) is 0 Å². The summed E-state index contributed by atoms with van der Waals surface area (Å²) in [6.45, 7) is 5.57. The maximum atomic E-state index is 13.6. The molecule has 4 rings (SSSR count). The fraction of sp³-hybridized carbons (Fsp3) is 0.538. The second-order valence-electron chi connectivity index (χ2n) is 9.79. The smallest absolute Gasteiger partial charge is 0.247 e. The van der Waals surface area contributed by atoms with E-state index in [0.717, 1.165) is 29.3 Å². The molecule has 1 fully saturated rings. The van der Waals surface area contributed by atoms with Crippen LogP contribution in [0.4, 0.5) is 0 Å². The molecule has 0 amide bonds. The summed E-state index contributed by atoms with van der Waals surface area (Å²) in [7, 11) is -0.114. The molecule has 2 aliphatic rings. The number of hydrogen-bond acceptors (Lipinski definition) is 6. The van der Waals surface area contributed by atoms with E-state index in [4.69, 9.17) is 9.47 Å². The monoisotopic (exact) mass is 488 g/mol. The Hall–Kier alpha value is -2.13. The van der Waals surface area contributed by atoms with Crippen LogP contribution in [-0.4, -0.2) is 75.3 Å². The molecule has 0 spiro atoms. The largest absolute Gasteiger partial charge is 0.497 e. The van der Waals surface area contributed by atoms with Crippen LogP contribution in [0.3, 0.4) is 0 Å². The van der Waals surface area contributed by atoms with Crippen LogP contribution in [0.1, 0.15) is 26.7 Å². The molecule has 1 N–H and O–H groups in total. The summed E-state index contributed by atoms with van der Waals surface area (Å²) in [5.41, 5.74) is 1.82. The third kappa shape index (κ3) is 5.40. The lowest BCUT2D eigenvalue weighted by Crippen LogP contribution is -2.49.